The number of likely N-dealkylation sites (tertiary alicyclic amines) is 1. The van der Waals surface area contributed by atoms with Gasteiger partial charge in [-0.05, 0) is 5.56 Å². The number of rotatable bonds is 2. The van der Waals surface area contributed by atoms with Gasteiger partial charge in [0.15, 0.2) is 5.78 Å². The Morgan fingerprint density at radius 1 is 1.27 bits per heavy atom. The number of nitrogens with zero attached hydrogens (tertiary/aromatic N) is 1. The van der Waals surface area contributed by atoms with Crippen LogP contribution in [0.4, 0.5) is 0 Å². The molecule has 0 bridgehead atoms. The Labute approximate surface area is 90.9 Å². The minimum Gasteiger partial charge on any atom is -0.298 e. The molecule has 0 amide bonds. The largest absolute Gasteiger partial charge is 0.298 e. The van der Waals surface area contributed by atoms with Gasteiger partial charge in [0.1, 0.15) is 0 Å². The van der Waals surface area contributed by atoms with Crippen LogP contribution in [0.1, 0.15) is 19.4 Å². The van der Waals surface area contributed by atoms with Crippen LogP contribution in [0.5, 0.6) is 0 Å². The molecule has 0 aliphatic carbocycles. The maximum atomic E-state index is 11.7. The predicted octanol–water partition coefficient (Wildman–Crippen LogP) is 2.10. The lowest BCUT2D eigenvalue weighted by molar-refractivity contribution is -0.123. The molecule has 0 saturated carbocycles. The van der Waals surface area contributed by atoms with Crippen molar-refractivity contribution < 1.29 is 4.79 Å². The maximum Gasteiger partial charge on any atom is 0.153 e. The molecular weight excluding hydrogens is 186 g/mol. The van der Waals surface area contributed by atoms with Gasteiger partial charge in [-0.2, -0.15) is 0 Å². The molecular formula is C13H17NO. The summed E-state index contributed by atoms with van der Waals surface area (Å²) < 4.78 is 0. The van der Waals surface area contributed by atoms with Crippen molar-refractivity contribution in [3.8, 4) is 0 Å². The van der Waals surface area contributed by atoms with Gasteiger partial charge < -0.3 is 0 Å². The number of carbonyl (C=O) groups excluding carboxylic acids is 1. The number of hydrogen-bond donors (Lipinski definition) is 0. The number of benzene rings is 1. The summed E-state index contributed by atoms with van der Waals surface area (Å²) >= 11 is 0. The van der Waals surface area contributed by atoms with E-state index in [-0.39, 0.29) is 5.41 Å². The molecule has 80 valence electrons. The monoisotopic (exact) mass is 203 g/mol. The summed E-state index contributed by atoms with van der Waals surface area (Å²) in [6.07, 6.45) is 0. The molecule has 0 aromatic heterocycles. The second-order valence-corrected chi connectivity index (χ2v) is 4.94. The quantitative estimate of drug-likeness (QED) is 0.733. The van der Waals surface area contributed by atoms with E-state index in [9.17, 15) is 4.79 Å². The summed E-state index contributed by atoms with van der Waals surface area (Å²) in [5.74, 6) is 0.360. The number of Topliss-reactive ketones (excluding diaryl/α,β-unsaturated/α-hetero) is 1. The molecule has 0 unspecified atom stereocenters. The van der Waals surface area contributed by atoms with Crippen LogP contribution >= 0.6 is 0 Å². The van der Waals surface area contributed by atoms with Gasteiger partial charge >= 0.3 is 0 Å². The van der Waals surface area contributed by atoms with Crippen molar-refractivity contribution in [3.63, 3.8) is 0 Å². The van der Waals surface area contributed by atoms with Gasteiger partial charge in [-0.25, -0.2) is 0 Å². The van der Waals surface area contributed by atoms with E-state index in [4.69, 9.17) is 0 Å². The van der Waals surface area contributed by atoms with Gasteiger partial charge in [-0.1, -0.05) is 44.2 Å². The smallest absolute Gasteiger partial charge is 0.153 e. The van der Waals surface area contributed by atoms with E-state index in [1.54, 1.807) is 0 Å². The highest BCUT2D eigenvalue weighted by Crippen LogP contribution is 2.26. The van der Waals surface area contributed by atoms with Crippen LogP contribution < -0.4 is 0 Å². The molecule has 0 radical (unpaired) electrons. The van der Waals surface area contributed by atoms with Gasteiger partial charge in [0.2, 0.25) is 0 Å². The summed E-state index contributed by atoms with van der Waals surface area (Å²) in [6.45, 7) is 6.42. The van der Waals surface area contributed by atoms with Crippen molar-refractivity contribution >= 4 is 5.78 Å². The molecule has 2 nitrogen and oxygen atoms in total. The van der Waals surface area contributed by atoms with Crippen molar-refractivity contribution in [1.82, 2.24) is 4.90 Å². The van der Waals surface area contributed by atoms with Gasteiger partial charge in [-0.15, -0.1) is 0 Å². The van der Waals surface area contributed by atoms with Crippen LogP contribution in [-0.2, 0) is 11.3 Å². The van der Waals surface area contributed by atoms with Crippen molar-refractivity contribution in [2.75, 3.05) is 13.1 Å². The third kappa shape index (κ3) is 2.26. The summed E-state index contributed by atoms with van der Waals surface area (Å²) in [7, 11) is 0. The molecule has 1 fully saturated rings. The van der Waals surface area contributed by atoms with Gasteiger partial charge in [0, 0.05) is 18.5 Å². The molecule has 0 N–H and O–H groups in total. The highest BCUT2D eigenvalue weighted by Gasteiger charge is 2.37. The molecule has 1 saturated heterocycles. The van der Waals surface area contributed by atoms with E-state index in [1.165, 1.54) is 5.56 Å². The van der Waals surface area contributed by atoms with E-state index in [0.29, 0.717) is 12.3 Å². The average molecular weight is 203 g/mol. The molecule has 0 spiro atoms. The zero-order chi connectivity index (χ0) is 10.9. The van der Waals surface area contributed by atoms with Crippen LogP contribution in [0.3, 0.4) is 0 Å². The van der Waals surface area contributed by atoms with Crippen molar-refractivity contribution in [1.29, 1.82) is 0 Å². The predicted molar refractivity (Wildman–Crippen MR) is 60.5 cm³/mol. The Morgan fingerprint density at radius 2 is 1.93 bits per heavy atom. The van der Waals surface area contributed by atoms with Crippen molar-refractivity contribution in [3.05, 3.63) is 35.9 Å². The molecule has 0 atom stereocenters. The maximum absolute atomic E-state index is 11.7. The van der Waals surface area contributed by atoms with E-state index in [2.05, 4.69) is 17.0 Å². The summed E-state index contributed by atoms with van der Waals surface area (Å²) in [5, 5.41) is 0. The molecule has 1 aromatic rings. The highest BCUT2D eigenvalue weighted by atomic mass is 16.1. The lowest BCUT2D eigenvalue weighted by Crippen LogP contribution is -2.23. The molecule has 1 aliphatic rings. The fourth-order valence-corrected chi connectivity index (χ4v) is 2.07. The number of ketones is 1. The third-order valence-corrected chi connectivity index (χ3v) is 2.99. The van der Waals surface area contributed by atoms with Crippen LogP contribution in [-0.4, -0.2) is 23.8 Å². The Morgan fingerprint density at radius 3 is 2.47 bits per heavy atom. The molecule has 2 rings (SSSR count). The topological polar surface area (TPSA) is 20.3 Å². The van der Waals surface area contributed by atoms with Crippen LogP contribution in [0.25, 0.3) is 0 Å². The van der Waals surface area contributed by atoms with E-state index >= 15 is 0 Å². The lowest BCUT2D eigenvalue weighted by atomic mass is 9.92. The lowest BCUT2D eigenvalue weighted by Gasteiger charge is -2.17. The second kappa shape index (κ2) is 3.78. The van der Waals surface area contributed by atoms with E-state index < -0.39 is 0 Å². The third-order valence-electron chi connectivity index (χ3n) is 2.99. The second-order valence-electron chi connectivity index (χ2n) is 4.94. The summed E-state index contributed by atoms with van der Waals surface area (Å²) in [5.41, 5.74) is 1.12. The van der Waals surface area contributed by atoms with Gasteiger partial charge in [0.05, 0.1) is 6.54 Å². The average Bonchev–Trinajstić information content (AvgIpc) is 2.42. The first-order chi connectivity index (χ1) is 7.08. The Kier molecular flexibility index (Phi) is 2.61. The van der Waals surface area contributed by atoms with Crippen molar-refractivity contribution in [2.45, 2.75) is 20.4 Å². The molecule has 15 heavy (non-hydrogen) atoms. The van der Waals surface area contributed by atoms with Crippen LogP contribution in [0.15, 0.2) is 30.3 Å². The van der Waals surface area contributed by atoms with Crippen LogP contribution in [0.2, 0.25) is 0 Å². The summed E-state index contributed by atoms with van der Waals surface area (Å²) in [4.78, 5) is 13.9. The molecule has 1 aromatic carbocycles. The fraction of sp³-hybridized carbons (Fsp3) is 0.462. The fourth-order valence-electron chi connectivity index (χ4n) is 2.07. The minimum absolute atomic E-state index is 0.158. The highest BCUT2D eigenvalue weighted by molar-refractivity contribution is 5.88. The molecule has 1 heterocycles. The first-order valence-electron chi connectivity index (χ1n) is 5.37. The number of carbonyl (C=O) groups is 1. The minimum atomic E-state index is -0.158. The van der Waals surface area contributed by atoms with Gasteiger partial charge in [0.25, 0.3) is 0 Å². The normalized spacial score (nSPS) is 20.8. The standard InChI is InChI=1S/C13H17NO/c1-13(2)10-14(9-12(13)15)8-11-6-4-3-5-7-11/h3-7H,8-10H2,1-2H3. The molecule has 1 aliphatic heterocycles. The van der Waals surface area contributed by atoms with E-state index in [1.807, 2.05) is 32.0 Å². The molecule has 2 heteroatoms. The zero-order valence-electron chi connectivity index (χ0n) is 9.36. The Hall–Kier alpha value is -1.15. The Balaban J connectivity index is 2.02. The van der Waals surface area contributed by atoms with Crippen molar-refractivity contribution in [2.24, 2.45) is 5.41 Å². The van der Waals surface area contributed by atoms with E-state index in [0.717, 1.165) is 13.1 Å². The Bertz CT molecular complexity index is 356. The first-order valence-corrected chi connectivity index (χ1v) is 5.37. The zero-order valence-corrected chi connectivity index (χ0v) is 9.36. The first kappa shape index (κ1) is 10.4. The number of hydrogen-bond acceptors (Lipinski definition) is 2. The SMILES string of the molecule is CC1(C)CN(Cc2ccccc2)CC1=O. The summed E-state index contributed by atoms with van der Waals surface area (Å²) in [6, 6.07) is 10.3. The van der Waals surface area contributed by atoms with Crippen LogP contribution in [0, 0.1) is 5.41 Å². The van der Waals surface area contributed by atoms with Gasteiger partial charge in [-0.3, -0.25) is 9.69 Å².